The molecule has 5 nitrogen and oxygen atoms in total. The molecule has 0 unspecified atom stereocenters. The van der Waals surface area contributed by atoms with E-state index in [-0.39, 0.29) is 5.91 Å². The third-order valence-electron chi connectivity index (χ3n) is 4.64. The highest BCUT2D eigenvalue weighted by molar-refractivity contribution is 5.98. The van der Waals surface area contributed by atoms with Crippen LogP contribution in [0.4, 0.5) is 5.69 Å². The second kappa shape index (κ2) is 6.61. The predicted molar refractivity (Wildman–Crippen MR) is 94.2 cm³/mol. The highest BCUT2D eigenvalue weighted by Crippen LogP contribution is 2.29. The number of carbonyl (C=O) groups is 1. The number of aromatic nitrogens is 1. The molecule has 3 N–H and O–H groups in total. The van der Waals surface area contributed by atoms with Gasteiger partial charge in [0, 0.05) is 6.07 Å². The van der Waals surface area contributed by atoms with Gasteiger partial charge in [-0.1, -0.05) is 18.9 Å². The van der Waals surface area contributed by atoms with Crippen LogP contribution < -0.4 is 15.8 Å². The summed E-state index contributed by atoms with van der Waals surface area (Å²) in [5.74, 6) is 1.10. The van der Waals surface area contributed by atoms with Gasteiger partial charge in [0.2, 0.25) is 11.8 Å². The summed E-state index contributed by atoms with van der Waals surface area (Å²) >= 11 is 0. The molecule has 1 saturated carbocycles. The Kier molecular flexibility index (Phi) is 4.53. The number of pyridine rings is 1. The summed E-state index contributed by atoms with van der Waals surface area (Å²) in [4.78, 5) is 16.5. The Morgan fingerprint density at radius 1 is 1.17 bits per heavy atom. The minimum absolute atomic E-state index is 0.135. The first-order valence-electron chi connectivity index (χ1n) is 8.28. The summed E-state index contributed by atoms with van der Waals surface area (Å²) in [6, 6.07) is 9.42. The molecule has 1 aliphatic rings. The first-order valence-corrected chi connectivity index (χ1v) is 8.28. The van der Waals surface area contributed by atoms with Gasteiger partial charge in [-0.3, -0.25) is 4.79 Å². The summed E-state index contributed by atoms with van der Waals surface area (Å²) in [7, 11) is 0. The van der Waals surface area contributed by atoms with Gasteiger partial charge in [-0.2, -0.15) is 0 Å². The van der Waals surface area contributed by atoms with Crippen LogP contribution >= 0.6 is 0 Å². The first-order chi connectivity index (χ1) is 11.5. The molecule has 5 heteroatoms. The summed E-state index contributed by atoms with van der Waals surface area (Å²) < 4.78 is 5.75. The number of carbonyl (C=O) groups excluding carboxylic acids is 1. The standard InChI is InChI=1S/C19H23N3O2/c1-13-5-7-16(11-14(13)2)24-17-8-6-15(12-21-17)22-18(23)19(20)9-3-4-10-19/h5-8,11-12H,3-4,9-10,20H2,1-2H3,(H,22,23). The molecule has 0 saturated heterocycles. The number of benzene rings is 1. The Bertz CT molecular complexity index is 735. The van der Waals surface area contributed by atoms with E-state index in [1.807, 2.05) is 25.1 Å². The zero-order valence-electron chi connectivity index (χ0n) is 14.1. The van der Waals surface area contributed by atoms with Crippen molar-refractivity contribution in [1.82, 2.24) is 4.98 Å². The molecule has 1 aliphatic carbocycles. The maximum Gasteiger partial charge on any atom is 0.244 e. The largest absolute Gasteiger partial charge is 0.439 e. The maximum absolute atomic E-state index is 12.3. The lowest BCUT2D eigenvalue weighted by atomic mass is 9.98. The average Bonchev–Trinajstić information content (AvgIpc) is 3.01. The summed E-state index contributed by atoms with van der Waals surface area (Å²) in [5.41, 5.74) is 8.43. The molecule has 24 heavy (non-hydrogen) atoms. The lowest BCUT2D eigenvalue weighted by Gasteiger charge is -2.22. The van der Waals surface area contributed by atoms with E-state index in [1.165, 1.54) is 11.1 Å². The number of nitrogens with one attached hydrogen (secondary N) is 1. The minimum atomic E-state index is -0.741. The van der Waals surface area contributed by atoms with Gasteiger partial charge in [-0.05, 0) is 56.0 Å². The van der Waals surface area contributed by atoms with Crippen molar-refractivity contribution < 1.29 is 9.53 Å². The lowest BCUT2D eigenvalue weighted by Crippen LogP contribution is -2.48. The summed E-state index contributed by atoms with van der Waals surface area (Å²) in [5, 5.41) is 2.85. The van der Waals surface area contributed by atoms with E-state index < -0.39 is 5.54 Å². The molecular formula is C19H23N3O2. The van der Waals surface area contributed by atoms with Crippen LogP contribution in [0, 0.1) is 13.8 Å². The highest BCUT2D eigenvalue weighted by atomic mass is 16.5. The molecule has 1 aromatic carbocycles. The monoisotopic (exact) mass is 325 g/mol. The number of amides is 1. The molecule has 126 valence electrons. The molecule has 0 bridgehead atoms. The Labute approximate surface area is 142 Å². The van der Waals surface area contributed by atoms with Crippen molar-refractivity contribution in [2.24, 2.45) is 5.73 Å². The molecule has 0 radical (unpaired) electrons. The fourth-order valence-electron chi connectivity index (χ4n) is 2.90. The van der Waals surface area contributed by atoms with Crippen LogP contribution in [-0.2, 0) is 4.79 Å². The van der Waals surface area contributed by atoms with Crippen LogP contribution in [0.3, 0.4) is 0 Å². The number of hydrogen-bond donors (Lipinski definition) is 2. The zero-order chi connectivity index (χ0) is 17.2. The van der Waals surface area contributed by atoms with Crippen LogP contribution in [0.2, 0.25) is 0 Å². The normalized spacial score (nSPS) is 16.0. The molecule has 1 aromatic heterocycles. The molecular weight excluding hydrogens is 302 g/mol. The third-order valence-corrected chi connectivity index (χ3v) is 4.64. The van der Waals surface area contributed by atoms with Gasteiger partial charge in [0.05, 0.1) is 17.4 Å². The van der Waals surface area contributed by atoms with Crippen LogP contribution in [-0.4, -0.2) is 16.4 Å². The SMILES string of the molecule is Cc1ccc(Oc2ccc(NC(=O)C3(N)CCCC3)cn2)cc1C. The van der Waals surface area contributed by atoms with Gasteiger partial charge < -0.3 is 15.8 Å². The number of anilines is 1. The quantitative estimate of drug-likeness (QED) is 0.898. The van der Waals surface area contributed by atoms with Crippen LogP contribution in [0.1, 0.15) is 36.8 Å². The van der Waals surface area contributed by atoms with Crippen molar-refractivity contribution in [3.8, 4) is 11.6 Å². The molecule has 1 heterocycles. The van der Waals surface area contributed by atoms with Gasteiger partial charge in [-0.15, -0.1) is 0 Å². The molecule has 0 aliphatic heterocycles. The predicted octanol–water partition coefficient (Wildman–Crippen LogP) is 3.70. The number of aryl methyl sites for hydroxylation is 2. The van der Waals surface area contributed by atoms with Crippen molar-refractivity contribution >= 4 is 11.6 Å². The second-order valence-electron chi connectivity index (χ2n) is 6.55. The minimum Gasteiger partial charge on any atom is -0.439 e. The van der Waals surface area contributed by atoms with Gasteiger partial charge >= 0.3 is 0 Å². The number of nitrogens with two attached hydrogens (primary N) is 1. The zero-order valence-corrected chi connectivity index (χ0v) is 14.1. The smallest absolute Gasteiger partial charge is 0.244 e. The van der Waals surface area contributed by atoms with E-state index in [0.717, 1.165) is 31.4 Å². The Morgan fingerprint density at radius 3 is 2.54 bits per heavy atom. The number of nitrogens with zero attached hydrogens (tertiary/aromatic N) is 1. The molecule has 2 aromatic rings. The van der Waals surface area contributed by atoms with Crippen molar-refractivity contribution in [3.05, 3.63) is 47.7 Å². The van der Waals surface area contributed by atoms with Crippen molar-refractivity contribution in [2.75, 3.05) is 5.32 Å². The number of hydrogen-bond acceptors (Lipinski definition) is 4. The van der Waals surface area contributed by atoms with E-state index in [9.17, 15) is 4.79 Å². The van der Waals surface area contributed by atoms with Gasteiger partial charge in [0.15, 0.2) is 0 Å². The Balaban J connectivity index is 1.64. The van der Waals surface area contributed by atoms with Gasteiger partial charge in [-0.25, -0.2) is 4.98 Å². The molecule has 3 rings (SSSR count). The van der Waals surface area contributed by atoms with E-state index in [2.05, 4.69) is 17.2 Å². The molecule has 1 fully saturated rings. The Hall–Kier alpha value is -2.40. The average molecular weight is 325 g/mol. The fraction of sp³-hybridized carbons (Fsp3) is 0.368. The van der Waals surface area contributed by atoms with Crippen molar-refractivity contribution in [2.45, 2.75) is 45.1 Å². The van der Waals surface area contributed by atoms with E-state index in [0.29, 0.717) is 11.6 Å². The van der Waals surface area contributed by atoms with E-state index >= 15 is 0 Å². The maximum atomic E-state index is 12.3. The highest BCUT2D eigenvalue weighted by Gasteiger charge is 2.36. The molecule has 0 atom stereocenters. The van der Waals surface area contributed by atoms with Gasteiger partial charge in [0.1, 0.15) is 5.75 Å². The lowest BCUT2D eigenvalue weighted by molar-refractivity contribution is -0.121. The molecule has 1 amide bonds. The van der Waals surface area contributed by atoms with E-state index in [4.69, 9.17) is 10.5 Å². The first kappa shape index (κ1) is 16.5. The van der Waals surface area contributed by atoms with E-state index in [1.54, 1.807) is 18.3 Å². The number of ether oxygens (including phenoxy) is 1. The Morgan fingerprint density at radius 2 is 1.92 bits per heavy atom. The third kappa shape index (κ3) is 3.57. The summed E-state index contributed by atoms with van der Waals surface area (Å²) in [6.07, 6.45) is 5.07. The van der Waals surface area contributed by atoms with Crippen LogP contribution in [0.5, 0.6) is 11.6 Å². The number of rotatable bonds is 4. The van der Waals surface area contributed by atoms with Crippen LogP contribution in [0.15, 0.2) is 36.5 Å². The fourth-order valence-corrected chi connectivity index (χ4v) is 2.90. The van der Waals surface area contributed by atoms with Crippen molar-refractivity contribution in [3.63, 3.8) is 0 Å². The second-order valence-corrected chi connectivity index (χ2v) is 6.55. The van der Waals surface area contributed by atoms with Gasteiger partial charge in [0.25, 0.3) is 0 Å². The van der Waals surface area contributed by atoms with Crippen LogP contribution in [0.25, 0.3) is 0 Å². The summed E-state index contributed by atoms with van der Waals surface area (Å²) in [6.45, 7) is 4.10. The molecule has 0 spiro atoms. The topological polar surface area (TPSA) is 77.2 Å². The van der Waals surface area contributed by atoms with Crippen molar-refractivity contribution in [1.29, 1.82) is 0 Å².